The van der Waals surface area contributed by atoms with E-state index in [4.69, 9.17) is 25.6 Å². The lowest BCUT2D eigenvalue weighted by molar-refractivity contribution is 0.382. The zero-order valence-electron chi connectivity index (χ0n) is 13.2. The van der Waals surface area contributed by atoms with Crippen LogP contribution in [0.15, 0.2) is 47.0 Å². The van der Waals surface area contributed by atoms with Gasteiger partial charge in [-0.05, 0) is 30.3 Å². The summed E-state index contributed by atoms with van der Waals surface area (Å²) in [6.07, 6.45) is 0. The van der Waals surface area contributed by atoms with Gasteiger partial charge < -0.3 is 19.3 Å². The first-order chi connectivity index (χ1) is 11.7. The number of hydrogen-bond acceptors (Lipinski definition) is 6. The summed E-state index contributed by atoms with van der Waals surface area (Å²) >= 11 is 5.95. The number of methoxy groups -OCH3 is 2. The van der Waals surface area contributed by atoms with Crippen molar-refractivity contribution in [3.05, 3.63) is 53.4 Å². The molecule has 0 fully saturated rings. The van der Waals surface area contributed by atoms with Crippen molar-refractivity contribution >= 4 is 17.3 Å². The number of aromatic nitrogens is 2. The highest BCUT2D eigenvalue weighted by Crippen LogP contribution is 2.31. The van der Waals surface area contributed by atoms with Crippen LogP contribution in [0.5, 0.6) is 11.5 Å². The van der Waals surface area contributed by atoms with E-state index in [2.05, 4.69) is 15.5 Å². The van der Waals surface area contributed by atoms with Crippen LogP contribution >= 0.6 is 11.6 Å². The Kier molecular flexibility index (Phi) is 4.86. The largest absolute Gasteiger partial charge is 0.497 e. The number of ether oxygens (including phenoxy) is 2. The van der Waals surface area contributed by atoms with Gasteiger partial charge in [0.05, 0.1) is 26.3 Å². The molecule has 1 heterocycles. The minimum atomic E-state index is 0.395. The first-order valence-corrected chi connectivity index (χ1v) is 7.62. The maximum Gasteiger partial charge on any atom is 0.246 e. The third-order valence-electron chi connectivity index (χ3n) is 3.39. The molecule has 7 heteroatoms. The lowest BCUT2D eigenvalue weighted by atomic mass is 10.2. The molecule has 1 aromatic heterocycles. The summed E-state index contributed by atoms with van der Waals surface area (Å²) in [5.41, 5.74) is 1.61. The topological polar surface area (TPSA) is 69.4 Å². The van der Waals surface area contributed by atoms with Crippen LogP contribution in [0, 0.1) is 0 Å². The van der Waals surface area contributed by atoms with E-state index in [1.165, 1.54) is 0 Å². The Hall–Kier alpha value is -2.73. The summed E-state index contributed by atoms with van der Waals surface area (Å²) < 4.78 is 15.8. The standard InChI is InChI=1S/C17H16ClN3O3/c1-22-13-6-7-14(15(9-13)23-2)17-20-16(24-21-17)10-19-12-5-3-4-11(18)8-12/h3-9,19H,10H2,1-2H3. The predicted octanol–water partition coefficient (Wildman–Crippen LogP) is 4.02. The van der Waals surface area contributed by atoms with Crippen molar-refractivity contribution in [1.82, 2.24) is 10.1 Å². The fourth-order valence-corrected chi connectivity index (χ4v) is 2.39. The van der Waals surface area contributed by atoms with Crippen molar-refractivity contribution in [1.29, 1.82) is 0 Å². The van der Waals surface area contributed by atoms with Crippen molar-refractivity contribution in [3.63, 3.8) is 0 Å². The third-order valence-corrected chi connectivity index (χ3v) is 3.62. The molecule has 0 bridgehead atoms. The first kappa shape index (κ1) is 16.1. The molecule has 0 radical (unpaired) electrons. The highest BCUT2D eigenvalue weighted by Gasteiger charge is 2.14. The fraction of sp³-hybridized carbons (Fsp3) is 0.176. The number of benzene rings is 2. The van der Waals surface area contributed by atoms with Gasteiger partial charge in [0.2, 0.25) is 11.7 Å². The molecule has 3 rings (SSSR count). The van der Waals surface area contributed by atoms with Crippen LogP contribution in [0.4, 0.5) is 5.69 Å². The molecule has 0 amide bonds. The van der Waals surface area contributed by atoms with E-state index in [1.807, 2.05) is 36.4 Å². The molecule has 0 aliphatic carbocycles. The number of hydrogen-bond donors (Lipinski definition) is 1. The van der Waals surface area contributed by atoms with Gasteiger partial charge in [0, 0.05) is 16.8 Å². The Morgan fingerprint density at radius 1 is 1.12 bits per heavy atom. The second-order valence-electron chi connectivity index (χ2n) is 4.94. The molecule has 0 saturated carbocycles. The van der Waals surface area contributed by atoms with Gasteiger partial charge in [-0.2, -0.15) is 4.98 Å². The SMILES string of the molecule is COc1ccc(-c2noc(CNc3cccc(Cl)c3)n2)c(OC)c1. The van der Waals surface area contributed by atoms with Gasteiger partial charge in [0.15, 0.2) is 0 Å². The van der Waals surface area contributed by atoms with Gasteiger partial charge in [-0.25, -0.2) is 0 Å². The molecule has 24 heavy (non-hydrogen) atoms. The number of halogens is 1. The maximum absolute atomic E-state index is 5.95. The predicted molar refractivity (Wildman–Crippen MR) is 91.6 cm³/mol. The molecule has 2 aromatic carbocycles. The first-order valence-electron chi connectivity index (χ1n) is 7.24. The van der Waals surface area contributed by atoms with Crippen molar-refractivity contribution in [2.75, 3.05) is 19.5 Å². The average Bonchev–Trinajstić information content (AvgIpc) is 3.08. The molecule has 6 nitrogen and oxygen atoms in total. The number of rotatable bonds is 6. The molecule has 0 saturated heterocycles. The summed E-state index contributed by atoms with van der Waals surface area (Å²) in [5, 5.41) is 7.85. The Labute approximate surface area is 144 Å². The van der Waals surface area contributed by atoms with Gasteiger partial charge in [-0.15, -0.1) is 0 Å². The van der Waals surface area contributed by atoms with E-state index in [0.29, 0.717) is 34.8 Å². The van der Waals surface area contributed by atoms with E-state index in [1.54, 1.807) is 20.3 Å². The third kappa shape index (κ3) is 3.60. The second kappa shape index (κ2) is 7.23. The average molecular weight is 346 g/mol. The van der Waals surface area contributed by atoms with Gasteiger partial charge in [-0.1, -0.05) is 22.8 Å². The summed E-state index contributed by atoms with van der Waals surface area (Å²) in [7, 11) is 3.18. The summed E-state index contributed by atoms with van der Waals surface area (Å²) in [6, 6.07) is 12.8. The molecule has 0 aliphatic rings. The van der Waals surface area contributed by atoms with Crippen molar-refractivity contribution in [3.8, 4) is 22.9 Å². The number of nitrogens with zero attached hydrogens (tertiary/aromatic N) is 2. The fourth-order valence-electron chi connectivity index (χ4n) is 2.20. The molecule has 0 aliphatic heterocycles. The summed E-state index contributed by atoms with van der Waals surface area (Å²) in [6.45, 7) is 0.395. The zero-order valence-corrected chi connectivity index (χ0v) is 14.0. The normalized spacial score (nSPS) is 10.5. The maximum atomic E-state index is 5.95. The van der Waals surface area contributed by atoms with Crippen LogP contribution in [0.25, 0.3) is 11.4 Å². The van der Waals surface area contributed by atoms with E-state index in [0.717, 1.165) is 11.3 Å². The van der Waals surface area contributed by atoms with Crippen LogP contribution in [-0.2, 0) is 6.54 Å². The summed E-state index contributed by atoms with van der Waals surface area (Å²) in [4.78, 5) is 4.39. The van der Waals surface area contributed by atoms with Gasteiger partial charge in [0.25, 0.3) is 0 Å². The molecular formula is C17H16ClN3O3. The Morgan fingerprint density at radius 3 is 2.75 bits per heavy atom. The minimum absolute atomic E-state index is 0.395. The van der Waals surface area contributed by atoms with Crippen molar-refractivity contribution < 1.29 is 14.0 Å². The van der Waals surface area contributed by atoms with Crippen LogP contribution in [0.2, 0.25) is 5.02 Å². The second-order valence-corrected chi connectivity index (χ2v) is 5.38. The minimum Gasteiger partial charge on any atom is -0.497 e. The highest BCUT2D eigenvalue weighted by molar-refractivity contribution is 6.30. The molecule has 124 valence electrons. The van der Waals surface area contributed by atoms with Crippen LogP contribution in [-0.4, -0.2) is 24.4 Å². The van der Waals surface area contributed by atoms with Crippen LogP contribution < -0.4 is 14.8 Å². The van der Waals surface area contributed by atoms with Crippen LogP contribution in [0.1, 0.15) is 5.89 Å². The number of nitrogens with one attached hydrogen (secondary N) is 1. The monoisotopic (exact) mass is 345 g/mol. The van der Waals surface area contributed by atoms with E-state index < -0.39 is 0 Å². The van der Waals surface area contributed by atoms with Crippen molar-refractivity contribution in [2.45, 2.75) is 6.54 Å². The van der Waals surface area contributed by atoms with Gasteiger partial charge >= 0.3 is 0 Å². The Morgan fingerprint density at radius 2 is 2.00 bits per heavy atom. The van der Waals surface area contributed by atoms with Crippen LogP contribution in [0.3, 0.4) is 0 Å². The molecular weight excluding hydrogens is 330 g/mol. The Balaban J connectivity index is 1.76. The highest BCUT2D eigenvalue weighted by atomic mass is 35.5. The molecule has 3 aromatic rings. The lowest BCUT2D eigenvalue weighted by Gasteiger charge is -2.07. The number of anilines is 1. The van der Waals surface area contributed by atoms with Gasteiger partial charge in [0.1, 0.15) is 11.5 Å². The molecule has 1 N–H and O–H groups in total. The van der Waals surface area contributed by atoms with E-state index in [9.17, 15) is 0 Å². The zero-order chi connectivity index (χ0) is 16.9. The quantitative estimate of drug-likeness (QED) is 0.727. The van der Waals surface area contributed by atoms with E-state index >= 15 is 0 Å². The van der Waals surface area contributed by atoms with Crippen molar-refractivity contribution in [2.24, 2.45) is 0 Å². The lowest BCUT2D eigenvalue weighted by Crippen LogP contribution is -1.99. The van der Waals surface area contributed by atoms with Gasteiger partial charge in [-0.3, -0.25) is 0 Å². The summed E-state index contributed by atoms with van der Waals surface area (Å²) in [5.74, 6) is 2.23. The molecule has 0 unspecified atom stereocenters. The smallest absolute Gasteiger partial charge is 0.246 e. The molecule has 0 atom stereocenters. The Bertz CT molecular complexity index is 835. The van der Waals surface area contributed by atoms with E-state index in [-0.39, 0.29) is 0 Å². The molecule has 0 spiro atoms.